The summed E-state index contributed by atoms with van der Waals surface area (Å²) < 4.78 is 0. The van der Waals surface area contributed by atoms with Gasteiger partial charge in [-0.25, -0.2) is 5.43 Å². The summed E-state index contributed by atoms with van der Waals surface area (Å²) in [5.41, 5.74) is 4.82. The van der Waals surface area contributed by atoms with E-state index in [1.165, 1.54) is 0 Å². The Labute approximate surface area is 174 Å². The van der Waals surface area contributed by atoms with Crippen molar-refractivity contribution in [3.63, 3.8) is 0 Å². The normalized spacial score (nSPS) is 11.1. The maximum atomic E-state index is 12.3. The number of aryl methyl sites for hydroxylation is 1. The lowest BCUT2D eigenvalue weighted by Crippen LogP contribution is -2.32. The molecule has 0 radical (unpaired) electrons. The summed E-state index contributed by atoms with van der Waals surface area (Å²) in [7, 11) is 0. The number of benzene rings is 4. The Morgan fingerprint density at radius 2 is 1.43 bits per heavy atom. The van der Waals surface area contributed by atoms with Crippen LogP contribution in [0, 0.1) is 0 Å². The maximum absolute atomic E-state index is 12.3. The van der Waals surface area contributed by atoms with Gasteiger partial charge in [-0.1, -0.05) is 73.7 Å². The number of rotatable bonds is 4. The molecule has 30 heavy (non-hydrogen) atoms. The van der Waals surface area contributed by atoms with E-state index in [4.69, 9.17) is 0 Å². The van der Waals surface area contributed by atoms with E-state index < -0.39 is 11.8 Å². The highest BCUT2D eigenvalue weighted by molar-refractivity contribution is 6.39. The smallest absolute Gasteiger partial charge is 0.317 e. The number of carbonyl (C=O) groups excluding carboxylic acids is 2. The Morgan fingerprint density at radius 1 is 0.833 bits per heavy atom. The fourth-order valence-corrected chi connectivity index (χ4v) is 3.52. The molecule has 2 N–H and O–H groups in total. The van der Waals surface area contributed by atoms with Gasteiger partial charge in [-0.15, -0.1) is 0 Å². The fourth-order valence-electron chi connectivity index (χ4n) is 3.52. The van der Waals surface area contributed by atoms with Crippen LogP contribution in [0.5, 0.6) is 0 Å². The quantitative estimate of drug-likeness (QED) is 0.229. The zero-order valence-electron chi connectivity index (χ0n) is 16.6. The van der Waals surface area contributed by atoms with Crippen LogP contribution in [0.25, 0.3) is 21.5 Å². The molecule has 0 aliphatic rings. The molecule has 0 saturated heterocycles. The summed E-state index contributed by atoms with van der Waals surface area (Å²) in [6, 6.07) is 25.5. The second kappa shape index (κ2) is 8.57. The van der Waals surface area contributed by atoms with Crippen LogP contribution < -0.4 is 10.7 Å². The third-order valence-corrected chi connectivity index (χ3v) is 5.03. The highest BCUT2D eigenvalue weighted by Crippen LogP contribution is 2.27. The zero-order chi connectivity index (χ0) is 20.9. The SMILES string of the molecule is CCc1ccccc1NC(=O)C(=O)NN=Cc1c2ccccc2cc2ccccc12. The van der Waals surface area contributed by atoms with E-state index in [0.717, 1.165) is 39.1 Å². The topological polar surface area (TPSA) is 70.6 Å². The highest BCUT2D eigenvalue weighted by atomic mass is 16.2. The largest absolute Gasteiger partial charge is 0.329 e. The molecule has 0 unspecified atom stereocenters. The fraction of sp³-hybridized carbons (Fsp3) is 0.0800. The van der Waals surface area contributed by atoms with Crippen LogP contribution in [0.15, 0.2) is 84.0 Å². The summed E-state index contributed by atoms with van der Waals surface area (Å²) in [6.07, 6.45) is 2.35. The van der Waals surface area contributed by atoms with E-state index in [-0.39, 0.29) is 0 Å². The Kier molecular flexibility index (Phi) is 5.52. The number of hydrogen-bond acceptors (Lipinski definition) is 3. The lowest BCUT2D eigenvalue weighted by Gasteiger charge is -2.09. The molecule has 0 spiro atoms. The number of amides is 2. The van der Waals surface area contributed by atoms with Crippen molar-refractivity contribution in [1.82, 2.24) is 5.43 Å². The van der Waals surface area contributed by atoms with Crippen molar-refractivity contribution in [2.24, 2.45) is 5.10 Å². The van der Waals surface area contributed by atoms with E-state index in [0.29, 0.717) is 5.69 Å². The highest BCUT2D eigenvalue weighted by Gasteiger charge is 2.14. The molecule has 5 nitrogen and oxygen atoms in total. The molecular weight excluding hydrogens is 374 g/mol. The minimum atomic E-state index is -0.818. The van der Waals surface area contributed by atoms with E-state index in [1.54, 1.807) is 12.3 Å². The first-order valence-corrected chi connectivity index (χ1v) is 9.80. The van der Waals surface area contributed by atoms with Crippen LogP contribution in [0.3, 0.4) is 0 Å². The standard InChI is InChI=1S/C25H21N3O2/c1-2-17-9-5-8-14-23(17)27-24(29)25(30)28-26-16-22-20-12-6-3-10-18(20)15-19-11-4-7-13-21(19)22/h3-16H,2H2,1H3,(H,27,29)(H,28,30). The first-order chi connectivity index (χ1) is 14.7. The molecule has 0 atom stereocenters. The van der Waals surface area contributed by atoms with E-state index in [1.807, 2.05) is 73.7 Å². The van der Waals surface area contributed by atoms with Gasteiger partial charge < -0.3 is 5.32 Å². The summed E-state index contributed by atoms with van der Waals surface area (Å²) in [5, 5.41) is 10.9. The van der Waals surface area contributed by atoms with Crippen LogP contribution >= 0.6 is 0 Å². The van der Waals surface area contributed by atoms with Gasteiger partial charge in [0.25, 0.3) is 0 Å². The van der Waals surface area contributed by atoms with Crippen molar-refractivity contribution in [3.8, 4) is 0 Å². The van der Waals surface area contributed by atoms with Gasteiger partial charge in [0.2, 0.25) is 0 Å². The van der Waals surface area contributed by atoms with Gasteiger partial charge in [0.05, 0.1) is 6.21 Å². The number of nitrogens with one attached hydrogen (secondary N) is 2. The Bertz CT molecular complexity index is 1220. The van der Waals surface area contributed by atoms with Crippen LogP contribution in [-0.4, -0.2) is 18.0 Å². The number of para-hydroxylation sites is 1. The van der Waals surface area contributed by atoms with Crippen molar-refractivity contribution >= 4 is 45.3 Å². The van der Waals surface area contributed by atoms with Gasteiger partial charge in [-0.3, -0.25) is 9.59 Å². The number of hydrazone groups is 1. The minimum Gasteiger partial charge on any atom is -0.317 e. The first kappa shape index (κ1) is 19.3. The van der Waals surface area contributed by atoms with Crippen molar-refractivity contribution in [1.29, 1.82) is 0 Å². The third kappa shape index (κ3) is 3.91. The average molecular weight is 395 g/mol. The number of hydrogen-bond donors (Lipinski definition) is 2. The predicted molar refractivity (Wildman–Crippen MR) is 122 cm³/mol. The van der Waals surface area contributed by atoms with Gasteiger partial charge in [-0.2, -0.15) is 5.10 Å². The lowest BCUT2D eigenvalue weighted by atomic mass is 9.97. The molecule has 4 aromatic rings. The molecule has 0 heterocycles. The van der Waals surface area contributed by atoms with Gasteiger partial charge in [-0.05, 0) is 45.7 Å². The molecule has 0 saturated carbocycles. The molecular formula is C25H21N3O2. The molecule has 2 amide bonds. The first-order valence-electron chi connectivity index (χ1n) is 9.80. The number of nitrogens with zero attached hydrogens (tertiary/aromatic N) is 1. The molecule has 148 valence electrons. The van der Waals surface area contributed by atoms with Gasteiger partial charge in [0.1, 0.15) is 0 Å². The Balaban J connectivity index is 1.56. The summed E-state index contributed by atoms with van der Waals surface area (Å²) in [4.78, 5) is 24.5. The van der Waals surface area contributed by atoms with Crippen molar-refractivity contribution in [3.05, 3.63) is 90.0 Å². The van der Waals surface area contributed by atoms with Crippen molar-refractivity contribution < 1.29 is 9.59 Å². The molecule has 0 aromatic heterocycles. The molecule has 0 bridgehead atoms. The van der Waals surface area contributed by atoms with Crippen LogP contribution in [0.2, 0.25) is 0 Å². The zero-order valence-corrected chi connectivity index (χ0v) is 16.6. The Hall–Kier alpha value is -3.99. The van der Waals surface area contributed by atoms with Gasteiger partial charge in [0, 0.05) is 11.3 Å². The summed E-state index contributed by atoms with van der Waals surface area (Å²) >= 11 is 0. The van der Waals surface area contributed by atoms with Crippen molar-refractivity contribution in [2.75, 3.05) is 5.32 Å². The van der Waals surface area contributed by atoms with Crippen LogP contribution in [0.1, 0.15) is 18.1 Å². The van der Waals surface area contributed by atoms with E-state index >= 15 is 0 Å². The van der Waals surface area contributed by atoms with E-state index in [9.17, 15) is 9.59 Å². The lowest BCUT2D eigenvalue weighted by molar-refractivity contribution is -0.136. The molecule has 4 rings (SSSR count). The maximum Gasteiger partial charge on any atom is 0.329 e. The molecule has 0 aliphatic carbocycles. The Morgan fingerprint density at radius 3 is 2.10 bits per heavy atom. The number of fused-ring (bicyclic) bond motifs is 2. The predicted octanol–water partition coefficient (Wildman–Crippen LogP) is 4.64. The monoisotopic (exact) mass is 395 g/mol. The number of carbonyl (C=O) groups is 2. The minimum absolute atomic E-state index is 0.629. The average Bonchev–Trinajstić information content (AvgIpc) is 2.78. The summed E-state index contributed by atoms with van der Waals surface area (Å²) in [5.74, 6) is -1.57. The second-order valence-electron chi connectivity index (χ2n) is 6.90. The van der Waals surface area contributed by atoms with Crippen LogP contribution in [0.4, 0.5) is 5.69 Å². The van der Waals surface area contributed by atoms with Crippen LogP contribution in [-0.2, 0) is 16.0 Å². The molecule has 5 heteroatoms. The summed E-state index contributed by atoms with van der Waals surface area (Å²) in [6.45, 7) is 1.99. The third-order valence-electron chi connectivity index (χ3n) is 5.03. The molecule has 0 aliphatic heterocycles. The second-order valence-corrected chi connectivity index (χ2v) is 6.90. The van der Waals surface area contributed by atoms with Gasteiger partial charge in [0.15, 0.2) is 0 Å². The number of anilines is 1. The molecule has 4 aromatic carbocycles. The van der Waals surface area contributed by atoms with Crippen molar-refractivity contribution in [2.45, 2.75) is 13.3 Å². The van der Waals surface area contributed by atoms with Gasteiger partial charge >= 0.3 is 11.8 Å². The molecule has 0 fully saturated rings. The van der Waals surface area contributed by atoms with E-state index in [2.05, 4.69) is 21.9 Å².